The Morgan fingerprint density at radius 2 is 1.55 bits per heavy atom. The second-order valence-corrected chi connectivity index (χ2v) is 5.85. The van der Waals surface area contributed by atoms with Gasteiger partial charge in [0.2, 0.25) is 0 Å². The van der Waals surface area contributed by atoms with Crippen LogP contribution in [0.25, 0.3) is 0 Å². The summed E-state index contributed by atoms with van der Waals surface area (Å²) >= 11 is 0. The van der Waals surface area contributed by atoms with Crippen molar-refractivity contribution in [2.24, 2.45) is 0 Å². The minimum atomic E-state index is -0.145. The van der Waals surface area contributed by atoms with E-state index in [9.17, 15) is 4.39 Å². The second-order valence-electron chi connectivity index (χ2n) is 5.85. The number of halogens is 1. The van der Waals surface area contributed by atoms with E-state index in [1.165, 1.54) is 51.4 Å². The number of hydrogen-bond acceptors (Lipinski definition) is 1. The van der Waals surface area contributed by atoms with Gasteiger partial charge in [0.25, 0.3) is 0 Å². The summed E-state index contributed by atoms with van der Waals surface area (Å²) in [6, 6.07) is 5.71. The fourth-order valence-electron chi connectivity index (χ4n) is 2.63. The van der Waals surface area contributed by atoms with E-state index in [4.69, 9.17) is 0 Å². The predicted octanol–water partition coefficient (Wildman–Crippen LogP) is 6.08. The van der Waals surface area contributed by atoms with Gasteiger partial charge in [0.1, 0.15) is 5.82 Å². The van der Waals surface area contributed by atoms with Gasteiger partial charge < -0.3 is 5.32 Å². The van der Waals surface area contributed by atoms with Crippen LogP contribution < -0.4 is 5.32 Å². The molecule has 0 heterocycles. The van der Waals surface area contributed by atoms with Crippen LogP contribution in [0.15, 0.2) is 18.2 Å². The summed E-state index contributed by atoms with van der Waals surface area (Å²) < 4.78 is 13.5. The van der Waals surface area contributed by atoms with E-state index in [1.807, 2.05) is 13.0 Å². The van der Waals surface area contributed by atoms with Crippen LogP contribution in [0.1, 0.15) is 70.8 Å². The molecule has 0 aliphatic carbocycles. The molecule has 1 aromatic carbocycles. The Morgan fingerprint density at radius 1 is 0.950 bits per heavy atom. The smallest absolute Gasteiger partial charge is 0.125 e. The molecular formula is C18H30FN. The molecule has 0 aliphatic heterocycles. The molecule has 0 fully saturated rings. The normalized spacial score (nSPS) is 11.1. The Labute approximate surface area is 124 Å². The lowest BCUT2D eigenvalue weighted by Crippen LogP contribution is -2.19. The number of benzene rings is 1. The quantitative estimate of drug-likeness (QED) is 0.512. The zero-order valence-electron chi connectivity index (χ0n) is 13.3. The van der Waals surface area contributed by atoms with Crippen molar-refractivity contribution in [2.45, 2.75) is 78.2 Å². The summed E-state index contributed by atoms with van der Waals surface area (Å²) in [5, 5.41) is 3.54. The van der Waals surface area contributed by atoms with Gasteiger partial charge >= 0.3 is 0 Å². The Kier molecular flexibility index (Phi) is 8.32. The van der Waals surface area contributed by atoms with E-state index >= 15 is 0 Å². The van der Waals surface area contributed by atoms with Crippen molar-refractivity contribution in [1.29, 1.82) is 0 Å². The van der Waals surface area contributed by atoms with Crippen molar-refractivity contribution in [2.75, 3.05) is 5.32 Å². The molecule has 0 saturated carbocycles. The van der Waals surface area contributed by atoms with E-state index in [-0.39, 0.29) is 5.82 Å². The largest absolute Gasteiger partial charge is 0.382 e. The van der Waals surface area contributed by atoms with Gasteiger partial charge in [-0.2, -0.15) is 0 Å². The van der Waals surface area contributed by atoms with Gasteiger partial charge in [0.15, 0.2) is 0 Å². The predicted molar refractivity (Wildman–Crippen MR) is 86.8 cm³/mol. The van der Waals surface area contributed by atoms with Crippen molar-refractivity contribution < 1.29 is 4.39 Å². The number of rotatable bonds is 10. The first-order valence-corrected chi connectivity index (χ1v) is 8.19. The minimum Gasteiger partial charge on any atom is -0.382 e. The first-order valence-electron chi connectivity index (χ1n) is 8.19. The van der Waals surface area contributed by atoms with Crippen molar-refractivity contribution in [3.8, 4) is 0 Å². The fraction of sp³-hybridized carbons (Fsp3) is 0.667. The first-order chi connectivity index (χ1) is 9.65. The molecule has 1 aromatic rings. The maximum absolute atomic E-state index is 13.5. The van der Waals surface area contributed by atoms with Gasteiger partial charge in [0, 0.05) is 11.7 Å². The number of anilines is 1. The lowest BCUT2D eigenvalue weighted by molar-refractivity contribution is 0.526. The maximum atomic E-state index is 13.5. The summed E-state index contributed by atoms with van der Waals surface area (Å²) in [5.41, 5.74) is 1.91. The Bertz CT molecular complexity index is 345. The monoisotopic (exact) mass is 279 g/mol. The molecule has 0 saturated heterocycles. The molecule has 0 spiro atoms. The van der Waals surface area contributed by atoms with Crippen molar-refractivity contribution in [3.63, 3.8) is 0 Å². The molecule has 0 amide bonds. The third-order valence-corrected chi connectivity index (χ3v) is 3.73. The topological polar surface area (TPSA) is 12.0 Å². The SMILES string of the molecule is CCCCCC(CCCCC)Nc1cc(C)cc(F)c1. The van der Waals surface area contributed by atoms with Crippen LogP contribution in [0.5, 0.6) is 0 Å². The average Bonchev–Trinajstić information content (AvgIpc) is 2.38. The highest BCUT2D eigenvalue weighted by Gasteiger charge is 2.09. The lowest BCUT2D eigenvalue weighted by Gasteiger charge is -2.20. The molecule has 1 rings (SSSR count). The molecule has 20 heavy (non-hydrogen) atoms. The Balaban J connectivity index is 2.56. The molecule has 0 aliphatic rings. The standard InChI is InChI=1S/C18H30FN/c1-4-6-8-10-17(11-9-7-5-2)20-18-13-15(3)12-16(19)14-18/h12-14,17,20H,4-11H2,1-3H3. The molecule has 0 bridgehead atoms. The van der Waals surface area contributed by atoms with Gasteiger partial charge in [0.05, 0.1) is 0 Å². The second kappa shape index (κ2) is 9.79. The van der Waals surface area contributed by atoms with Gasteiger partial charge in [-0.25, -0.2) is 4.39 Å². The van der Waals surface area contributed by atoms with Crippen LogP contribution in [-0.2, 0) is 0 Å². The summed E-state index contributed by atoms with van der Waals surface area (Å²) in [6.07, 6.45) is 9.97. The summed E-state index contributed by atoms with van der Waals surface area (Å²) in [5.74, 6) is -0.145. The first kappa shape index (κ1) is 17.0. The summed E-state index contributed by atoms with van der Waals surface area (Å²) in [4.78, 5) is 0. The third kappa shape index (κ3) is 6.93. The highest BCUT2D eigenvalue weighted by atomic mass is 19.1. The van der Waals surface area contributed by atoms with Crippen LogP contribution >= 0.6 is 0 Å². The Hall–Kier alpha value is -1.05. The molecule has 114 valence electrons. The van der Waals surface area contributed by atoms with E-state index in [1.54, 1.807) is 12.1 Å². The summed E-state index contributed by atoms with van der Waals surface area (Å²) in [6.45, 7) is 6.41. The number of aryl methyl sites for hydroxylation is 1. The van der Waals surface area contributed by atoms with Crippen molar-refractivity contribution in [1.82, 2.24) is 0 Å². The van der Waals surface area contributed by atoms with Crippen LogP contribution in [0.2, 0.25) is 0 Å². The molecular weight excluding hydrogens is 249 g/mol. The van der Waals surface area contributed by atoms with Gasteiger partial charge in [-0.05, 0) is 43.5 Å². The fourth-order valence-corrected chi connectivity index (χ4v) is 2.63. The van der Waals surface area contributed by atoms with E-state index in [2.05, 4.69) is 19.2 Å². The molecule has 1 nitrogen and oxygen atoms in total. The van der Waals surface area contributed by atoms with Gasteiger partial charge in [-0.3, -0.25) is 0 Å². The molecule has 0 unspecified atom stereocenters. The average molecular weight is 279 g/mol. The third-order valence-electron chi connectivity index (χ3n) is 3.73. The summed E-state index contributed by atoms with van der Waals surface area (Å²) in [7, 11) is 0. The van der Waals surface area contributed by atoms with Crippen LogP contribution in [0.3, 0.4) is 0 Å². The maximum Gasteiger partial charge on any atom is 0.125 e. The van der Waals surface area contributed by atoms with Crippen molar-refractivity contribution in [3.05, 3.63) is 29.6 Å². The van der Waals surface area contributed by atoms with E-state index < -0.39 is 0 Å². The van der Waals surface area contributed by atoms with Crippen LogP contribution in [-0.4, -0.2) is 6.04 Å². The highest BCUT2D eigenvalue weighted by Crippen LogP contribution is 2.19. The van der Waals surface area contributed by atoms with E-state index in [0.717, 1.165) is 11.3 Å². The van der Waals surface area contributed by atoms with E-state index in [0.29, 0.717) is 6.04 Å². The molecule has 0 radical (unpaired) electrons. The molecule has 0 atom stereocenters. The Morgan fingerprint density at radius 3 is 2.05 bits per heavy atom. The lowest BCUT2D eigenvalue weighted by atomic mass is 10.0. The van der Waals surface area contributed by atoms with Crippen LogP contribution in [0, 0.1) is 12.7 Å². The highest BCUT2D eigenvalue weighted by molar-refractivity contribution is 5.46. The van der Waals surface area contributed by atoms with Crippen LogP contribution in [0.4, 0.5) is 10.1 Å². The molecule has 1 N–H and O–H groups in total. The van der Waals surface area contributed by atoms with Gasteiger partial charge in [-0.1, -0.05) is 52.4 Å². The zero-order chi connectivity index (χ0) is 14.8. The zero-order valence-corrected chi connectivity index (χ0v) is 13.3. The molecule has 0 aromatic heterocycles. The van der Waals surface area contributed by atoms with Gasteiger partial charge in [-0.15, -0.1) is 0 Å². The number of hydrogen-bond donors (Lipinski definition) is 1. The van der Waals surface area contributed by atoms with Crippen molar-refractivity contribution >= 4 is 5.69 Å². The minimum absolute atomic E-state index is 0.145. The number of nitrogens with one attached hydrogen (secondary N) is 1. The number of unbranched alkanes of at least 4 members (excludes halogenated alkanes) is 4. The molecule has 2 heteroatoms.